The molecule has 2 rings (SSSR count). The molecule has 7 nitrogen and oxygen atoms in total. The van der Waals surface area contributed by atoms with Gasteiger partial charge in [-0.1, -0.05) is 12.1 Å². The van der Waals surface area contributed by atoms with Crippen LogP contribution in [-0.4, -0.2) is 65.0 Å². The fraction of sp³-hybridized carbons (Fsp3) is 0.571. The number of nitrogens with one attached hydrogen (secondary N) is 2. The highest BCUT2D eigenvalue weighted by molar-refractivity contribution is 7.98. The lowest BCUT2D eigenvalue weighted by atomic mass is 10.1. The molecule has 3 N–H and O–H groups in total. The molecule has 29 heavy (non-hydrogen) atoms. The van der Waals surface area contributed by atoms with Crippen LogP contribution in [-0.2, 0) is 14.4 Å². The quantitative estimate of drug-likeness (QED) is 0.479. The molecule has 1 fully saturated rings. The van der Waals surface area contributed by atoms with Crippen molar-refractivity contribution < 1.29 is 19.5 Å². The summed E-state index contributed by atoms with van der Waals surface area (Å²) < 4.78 is 0. The van der Waals surface area contributed by atoms with Crippen molar-refractivity contribution in [3.05, 3.63) is 29.3 Å². The van der Waals surface area contributed by atoms with Gasteiger partial charge >= 0.3 is 5.97 Å². The predicted octanol–water partition coefficient (Wildman–Crippen LogP) is 2.42. The van der Waals surface area contributed by atoms with Crippen LogP contribution in [0.2, 0.25) is 0 Å². The molecule has 0 aromatic heterocycles. The fourth-order valence-electron chi connectivity index (χ4n) is 3.08. The second-order valence-electron chi connectivity index (χ2n) is 7.56. The maximum absolute atomic E-state index is 12.5. The molecule has 160 valence electrons. The maximum Gasteiger partial charge on any atom is 0.326 e. The van der Waals surface area contributed by atoms with Gasteiger partial charge in [0.2, 0.25) is 11.8 Å². The second kappa shape index (κ2) is 11.2. The zero-order valence-electron chi connectivity index (χ0n) is 17.4. The molecule has 0 aliphatic heterocycles. The van der Waals surface area contributed by atoms with Gasteiger partial charge in [-0.15, -0.1) is 0 Å². The molecule has 0 radical (unpaired) electrons. The number of amides is 2. The van der Waals surface area contributed by atoms with E-state index in [-0.39, 0.29) is 24.8 Å². The Morgan fingerprint density at radius 1 is 1.24 bits per heavy atom. The van der Waals surface area contributed by atoms with E-state index in [9.17, 15) is 19.5 Å². The largest absolute Gasteiger partial charge is 0.480 e. The van der Waals surface area contributed by atoms with E-state index in [1.807, 2.05) is 43.2 Å². The Balaban J connectivity index is 1.85. The van der Waals surface area contributed by atoms with Crippen LogP contribution in [0.1, 0.15) is 36.8 Å². The summed E-state index contributed by atoms with van der Waals surface area (Å²) in [5.41, 5.74) is 2.89. The van der Waals surface area contributed by atoms with E-state index in [1.54, 1.807) is 11.8 Å². The molecule has 0 saturated heterocycles. The highest BCUT2D eigenvalue weighted by Gasteiger charge is 2.31. The van der Waals surface area contributed by atoms with Gasteiger partial charge in [0, 0.05) is 24.7 Å². The van der Waals surface area contributed by atoms with Gasteiger partial charge in [0.25, 0.3) is 0 Å². The summed E-state index contributed by atoms with van der Waals surface area (Å²) in [6, 6.07) is 5.38. The van der Waals surface area contributed by atoms with E-state index in [4.69, 9.17) is 0 Å². The minimum atomic E-state index is -1.01. The van der Waals surface area contributed by atoms with Gasteiger partial charge < -0.3 is 15.7 Å². The highest BCUT2D eigenvalue weighted by atomic mass is 32.2. The molecule has 2 amide bonds. The van der Waals surface area contributed by atoms with Crippen LogP contribution in [0.4, 0.5) is 5.69 Å². The number of aryl methyl sites for hydroxylation is 2. The van der Waals surface area contributed by atoms with E-state index in [0.29, 0.717) is 24.8 Å². The first kappa shape index (κ1) is 23.2. The summed E-state index contributed by atoms with van der Waals surface area (Å²) in [7, 11) is 0. The Kier molecular flexibility index (Phi) is 8.98. The van der Waals surface area contributed by atoms with Crippen molar-refractivity contribution in [2.75, 3.05) is 30.4 Å². The van der Waals surface area contributed by atoms with Crippen LogP contribution in [0, 0.1) is 13.8 Å². The number of carboxylic acid groups (broad SMARTS) is 1. The lowest BCUT2D eigenvalue weighted by molar-refractivity contribution is -0.141. The first-order valence-electron chi connectivity index (χ1n) is 9.92. The van der Waals surface area contributed by atoms with Gasteiger partial charge in [-0.2, -0.15) is 11.8 Å². The molecule has 1 aliphatic rings. The molecule has 1 unspecified atom stereocenters. The van der Waals surface area contributed by atoms with Gasteiger partial charge in [0.15, 0.2) is 0 Å². The average Bonchev–Trinajstić information content (AvgIpc) is 3.50. The lowest BCUT2D eigenvalue weighted by Gasteiger charge is -2.22. The Morgan fingerprint density at radius 2 is 1.97 bits per heavy atom. The number of rotatable bonds is 12. The summed E-state index contributed by atoms with van der Waals surface area (Å²) in [6.45, 7) is 4.59. The third kappa shape index (κ3) is 8.06. The number of thioether (sulfide) groups is 1. The van der Waals surface area contributed by atoms with Gasteiger partial charge in [0.1, 0.15) is 6.04 Å². The van der Waals surface area contributed by atoms with E-state index >= 15 is 0 Å². The van der Waals surface area contributed by atoms with Crippen LogP contribution in [0.25, 0.3) is 0 Å². The molecular weight excluding hydrogens is 390 g/mol. The minimum Gasteiger partial charge on any atom is -0.480 e. The zero-order chi connectivity index (χ0) is 21.4. The number of carboxylic acids is 1. The van der Waals surface area contributed by atoms with Crippen LogP contribution < -0.4 is 10.6 Å². The van der Waals surface area contributed by atoms with E-state index < -0.39 is 12.0 Å². The van der Waals surface area contributed by atoms with Crippen molar-refractivity contribution in [3.63, 3.8) is 0 Å². The Bertz CT molecular complexity index is 737. The Labute approximate surface area is 176 Å². The maximum atomic E-state index is 12.5. The van der Waals surface area contributed by atoms with E-state index in [0.717, 1.165) is 29.7 Å². The Morgan fingerprint density at radius 3 is 2.59 bits per heavy atom. The predicted molar refractivity (Wildman–Crippen MR) is 116 cm³/mol. The van der Waals surface area contributed by atoms with E-state index in [1.165, 1.54) is 0 Å². The number of aliphatic carboxylic acids is 1. The first-order chi connectivity index (χ1) is 13.8. The number of carbonyl (C=O) groups excluding carboxylic acids is 2. The fourth-order valence-corrected chi connectivity index (χ4v) is 3.55. The average molecular weight is 422 g/mol. The summed E-state index contributed by atoms with van der Waals surface area (Å²) in [5.74, 6) is -0.739. The van der Waals surface area contributed by atoms with Crippen molar-refractivity contribution in [1.29, 1.82) is 0 Å². The minimum absolute atomic E-state index is 0.102. The second-order valence-corrected chi connectivity index (χ2v) is 8.54. The van der Waals surface area contributed by atoms with Gasteiger partial charge in [0.05, 0.1) is 6.54 Å². The molecule has 0 heterocycles. The standard InChI is InChI=1S/C21H31N3O4S/c1-14-4-5-15(2)18(12-14)23-20(26)13-24(16-6-7-16)10-8-19(25)22-17(21(27)28)9-11-29-3/h4-5,12,16-17H,6-11,13H2,1-3H3,(H,22,25)(H,23,26)(H,27,28). The molecular formula is C21H31N3O4S. The van der Waals surface area contributed by atoms with Crippen molar-refractivity contribution in [3.8, 4) is 0 Å². The van der Waals surface area contributed by atoms with Crippen LogP contribution >= 0.6 is 11.8 Å². The van der Waals surface area contributed by atoms with Crippen LogP contribution in [0.5, 0.6) is 0 Å². The number of carbonyl (C=O) groups is 3. The highest BCUT2D eigenvalue weighted by Crippen LogP contribution is 2.27. The van der Waals surface area contributed by atoms with Crippen molar-refractivity contribution in [1.82, 2.24) is 10.2 Å². The number of benzene rings is 1. The normalized spacial score (nSPS) is 14.5. The van der Waals surface area contributed by atoms with Gasteiger partial charge in [-0.25, -0.2) is 4.79 Å². The van der Waals surface area contributed by atoms with E-state index in [2.05, 4.69) is 10.6 Å². The summed E-state index contributed by atoms with van der Waals surface area (Å²) >= 11 is 1.55. The Hall–Kier alpha value is -2.06. The zero-order valence-corrected chi connectivity index (χ0v) is 18.2. The van der Waals surface area contributed by atoms with Gasteiger partial charge in [-0.3, -0.25) is 14.5 Å². The molecule has 1 aliphatic carbocycles. The SMILES string of the molecule is CSCCC(NC(=O)CCN(CC(=O)Nc1cc(C)ccc1C)C1CC1)C(=O)O. The molecule has 1 saturated carbocycles. The summed E-state index contributed by atoms with van der Waals surface area (Å²) in [4.78, 5) is 38.0. The van der Waals surface area contributed by atoms with Gasteiger partial charge in [-0.05, 0) is 62.3 Å². The molecule has 8 heteroatoms. The topological polar surface area (TPSA) is 98.7 Å². The van der Waals surface area contributed by atoms with Crippen LogP contribution in [0.15, 0.2) is 18.2 Å². The third-order valence-corrected chi connectivity index (χ3v) is 5.59. The number of anilines is 1. The molecule has 1 aromatic rings. The molecule has 1 atom stereocenters. The van der Waals surface area contributed by atoms with Crippen molar-refractivity contribution >= 4 is 35.2 Å². The first-order valence-corrected chi connectivity index (χ1v) is 11.3. The molecule has 1 aromatic carbocycles. The number of nitrogens with zero attached hydrogens (tertiary/aromatic N) is 1. The summed E-state index contributed by atoms with van der Waals surface area (Å²) in [6.07, 6.45) is 4.51. The third-order valence-electron chi connectivity index (χ3n) is 4.95. The lowest BCUT2D eigenvalue weighted by Crippen LogP contribution is -2.43. The number of hydrogen-bond acceptors (Lipinski definition) is 5. The summed E-state index contributed by atoms with van der Waals surface area (Å²) in [5, 5.41) is 14.8. The smallest absolute Gasteiger partial charge is 0.326 e. The molecule has 0 bridgehead atoms. The van der Waals surface area contributed by atoms with Crippen molar-refractivity contribution in [2.24, 2.45) is 0 Å². The number of hydrogen-bond donors (Lipinski definition) is 3. The van der Waals surface area contributed by atoms with Crippen molar-refractivity contribution in [2.45, 2.75) is 51.6 Å². The monoisotopic (exact) mass is 421 g/mol. The molecule has 0 spiro atoms. The van der Waals surface area contributed by atoms with Crippen LogP contribution in [0.3, 0.4) is 0 Å².